The van der Waals surface area contributed by atoms with Crippen LogP contribution in [0.1, 0.15) is 53.5 Å². The number of carboxylic acid groups (broad SMARTS) is 1. The highest BCUT2D eigenvalue weighted by Crippen LogP contribution is 2.36. The highest BCUT2D eigenvalue weighted by Gasteiger charge is 2.41. The summed E-state index contributed by atoms with van der Waals surface area (Å²) in [7, 11) is 1.22. The summed E-state index contributed by atoms with van der Waals surface area (Å²) < 4.78 is 91.5. The van der Waals surface area contributed by atoms with Crippen LogP contribution in [-0.2, 0) is 29.2 Å². The van der Waals surface area contributed by atoms with E-state index in [4.69, 9.17) is 4.74 Å². The average Bonchev–Trinajstić information content (AvgIpc) is 3.07. The molecule has 0 bridgehead atoms. The van der Waals surface area contributed by atoms with Gasteiger partial charge in [0.05, 0.1) is 29.9 Å². The Bertz CT molecular complexity index is 1980. The van der Waals surface area contributed by atoms with Crippen molar-refractivity contribution in [2.45, 2.75) is 65.2 Å². The quantitative estimate of drug-likeness (QED) is 0.195. The fourth-order valence-corrected chi connectivity index (χ4v) is 6.09. The molecule has 1 aliphatic rings. The van der Waals surface area contributed by atoms with E-state index in [9.17, 15) is 41.4 Å². The van der Waals surface area contributed by atoms with Gasteiger partial charge in [-0.05, 0) is 49.2 Å². The number of alkyl halides is 5. The molecule has 2 aromatic carbocycles. The zero-order chi connectivity index (χ0) is 38.0. The minimum Gasteiger partial charge on any atom is -0.480 e. The molecule has 1 aliphatic heterocycles. The maximum absolute atomic E-state index is 15.5. The molecule has 0 saturated carbocycles. The van der Waals surface area contributed by atoms with Gasteiger partial charge in [0.1, 0.15) is 17.9 Å². The van der Waals surface area contributed by atoms with Crippen molar-refractivity contribution < 1.29 is 45.8 Å². The molecule has 2 aromatic heterocycles. The first-order chi connectivity index (χ1) is 23.9. The second kappa shape index (κ2) is 15.1. The van der Waals surface area contributed by atoms with E-state index in [0.29, 0.717) is 10.9 Å². The Balaban J connectivity index is 0.00000286. The lowest BCUT2D eigenvalue weighted by atomic mass is 9.94. The molecule has 1 amide bonds. The average molecular weight is 721 g/mol. The molecule has 4 aromatic rings. The van der Waals surface area contributed by atoms with Gasteiger partial charge in [-0.25, -0.2) is 18.0 Å². The number of hydrogen-bond donors (Lipinski definition) is 2. The summed E-state index contributed by atoms with van der Waals surface area (Å²) in [5.74, 6) is -6.74. The van der Waals surface area contributed by atoms with E-state index in [1.165, 1.54) is 56.3 Å². The Labute approximate surface area is 289 Å². The van der Waals surface area contributed by atoms with Crippen molar-refractivity contribution in [1.82, 2.24) is 14.9 Å². The standard InChI is InChI=1S/C34H32F6N4O5.C2H6/c1-17-12-20(44-10-11-49-16-27(44)33(3,36)37)14-25(35)28(17)30(45)42-26(32(47)48)13-19-7-8-22(29-21(19)6-5-9-41-29)23-15-24(34(38,39)40)18(2)43(4)31(23)46;1-2/h5-9,12,14-15,26-27H,10-11,13,16H2,1-4H3,(H,42,45)(H,47,48);1-2H3/t26-,27+;/m0./s1. The largest absolute Gasteiger partial charge is 0.480 e. The summed E-state index contributed by atoms with van der Waals surface area (Å²) in [4.78, 5) is 44.3. The summed E-state index contributed by atoms with van der Waals surface area (Å²) in [6.45, 7) is 7.22. The number of carboxylic acids is 1. The number of amides is 1. The first-order valence-corrected chi connectivity index (χ1v) is 16.1. The fourth-order valence-electron chi connectivity index (χ4n) is 6.09. The molecule has 1 fully saturated rings. The summed E-state index contributed by atoms with van der Waals surface area (Å²) in [5.41, 5.74) is -1.98. The minimum absolute atomic E-state index is 0.0587. The number of pyridine rings is 2. The molecule has 3 heterocycles. The third-order valence-electron chi connectivity index (χ3n) is 8.74. The first kappa shape index (κ1) is 38.9. The third-order valence-corrected chi connectivity index (χ3v) is 8.74. The number of fused-ring (bicyclic) bond motifs is 1. The summed E-state index contributed by atoms with van der Waals surface area (Å²) >= 11 is 0. The van der Waals surface area contributed by atoms with Gasteiger partial charge < -0.3 is 24.6 Å². The molecule has 5 rings (SSSR count). The number of anilines is 1. The number of nitrogens with one attached hydrogen (secondary N) is 1. The summed E-state index contributed by atoms with van der Waals surface area (Å²) in [5, 5.41) is 12.7. The molecular weight excluding hydrogens is 682 g/mol. The van der Waals surface area contributed by atoms with Crippen LogP contribution in [0.5, 0.6) is 0 Å². The molecule has 0 spiro atoms. The fraction of sp³-hybridized carbons (Fsp3) is 0.389. The zero-order valence-electron chi connectivity index (χ0n) is 28.8. The van der Waals surface area contributed by atoms with Crippen molar-refractivity contribution in [2.24, 2.45) is 7.05 Å². The number of carbonyl (C=O) groups is 2. The molecule has 0 unspecified atom stereocenters. The van der Waals surface area contributed by atoms with Crippen LogP contribution in [0.2, 0.25) is 0 Å². The number of ether oxygens (including phenoxy) is 1. The number of nitrogens with zero attached hydrogens (tertiary/aromatic N) is 3. The summed E-state index contributed by atoms with van der Waals surface area (Å²) in [6, 6.07) is 5.96. The van der Waals surface area contributed by atoms with Gasteiger partial charge in [-0.3, -0.25) is 14.6 Å². The Morgan fingerprint density at radius 3 is 2.37 bits per heavy atom. The predicted octanol–water partition coefficient (Wildman–Crippen LogP) is 6.69. The van der Waals surface area contributed by atoms with Crippen molar-refractivity contribution in [1.29, 1.82) is 0 Å². The second-order valence-corrected chi connectivity index (χ2v) is 12.0. The molecule has 51 heavy (non-hydrogen) atoms. The van der Waals surface area contributed by atoms with Gasteiger partial charge in [0, 0.05) is 61.0 Å². The van der Waals surface area contributed by atoms with Gasteiger partial charge in [0.2, 0.25) is 0 Å². The topological polar surface area (TPSA) is 114 Å². The van der Waals surface area contributed by atoms with E-state index in [1.807, 2.05) is 13.8 Å². The number of aromatic nitrogens is 2. The van der Waals surface area contributed by atoms with Crippen LogP contribution in [0.3, 0.4) is 0 Å². The van der Waals surface area contributed by atoms with E-state index < -0.39 is 58.6 Å². The van der Waals surface area contributed by atoms with E-state index in [-0.39, 0.29) is 59.8 Å². The van der Waals surface area contributed by atoms with Crippen molar-refractivity contribution in [2.75, 3.05) is 24.7 Å². The van der Waals surface area contributed by atoms with Gasteiger partial charge in [-0.2, -0.15) is 13.2 Å². The van der Waals surface area contributed by atoms with Crippen LogP contribution >= 0.6 is 0 Å². The molecule has 2 atom stereocenters. The molecule has 9 nitrogen and oxygen atoms in total. The second-order valence-electron chi connectivity index (χ2n) is 12.0. The molecule has 0 radical (unpaired) electrons. The van der Waals surface area contributed by atoms with E-state index in [2.05, 4.69) is 10.3 Å². The van der Waals surface area contributed by atoms with Crippen LogP contribution in [-0.4, -0.2) is 64.3 Å². The van der Waals surface area contributed by atoms with Crippen molar-refractivity contribution in [3.63, 3.8) is 0 Å². The van der Waals surface area contributed by atoms with E-state index >= 15 is 4.39 Å². The number of morpholine rings is 1. The number of halogens is 6. The highest BCUT2D eigenvalue weighted by atomic mass is 19.4. The van der Waals surface area contributed by atoms with E-state index in [0.717, 1.165) is 23.6 Å². The lowest BCUT2D eigenvalue weighted by Gasteiger charge is -2.40. The van der Waals surface area contributed by atoms with Gasteiger partial charge in [0.25, 0.3) is 17.4 Å². The van der Waals surface area contributed by atoms with E-state index in [1.54, 1.807) is 6.07 Å². The number of carbonyl (C=O) groups excluding carboxylic acids is 1. The highest BCUT2D eigenvalue weighted by molar-refractivity contribution is 5.99. The third kappa shape index (κ3) is 8.03. The predicted molar refractivity (Wildman–Crippen MR) is 180 cm³/mol. The van der Waals surface area contributed by atoms with Crippen molar-refractivity contribution in [3.8, 4) is 11.1 Å². The van der Waals surface area contributed by atoms with Crippen LogP contribution in [0.15, 0.2) is 53.5 Å². The smallest absolute Gasteiger partial charge is 0.418 e. The lowest BCUT2D eigenvalue weighted by Crippen LogP contribution is -2.54. The van der Waals surface area contributed by atoms with Gasteiger partial charge in [-0.1, -0.05) is 32.0 Å². The van der Waals surface area contributed by atoms with Crippen LogP contribution in [0.25, 0.3) is 22.0 Å². The number of aryl methyl sites for hydroxylation is 1. The molecular formula is C36H38F6N4O5. The van der Waals surface area contributed by atoms with Gasteiger partial charge >= 0.3 is 12.1 Å². The summed E-state index contributed by atoms with van der Waals surface area (Å²) in [6.07, 6.45) is -3.72. The minimum atomic E-state index is -4.74. The van der Waals surface area contributed by atoms with Crippen LogP contribution in [0.4, 0.5) is 32.0 Å². The SMILES string of the molecule is CC.Cc1cc(N2CCOC[C@@H]2C(C)(F)F)cc(F)c1C(=O)N[C@@H](Cc1ccc(-c2cc(C(F)(F)F)c(C)n(C)c2=O)c2ncccc12)C(=O)O. The van der Waals surface area contributed by atoms with Crippen molar-refractivity contribution >= 4 is 28.5 Å². The normalized spacial score (nSPS) is 15.6. The molecule has 274 valence electrons. The Morgan fingerprint density at radius 2 is 1.76 bits per heavy atom. The van der Waals surface area contributed by atoms with Crippen LogP contribution in [0, 0.1) is 19.7 Å². The zero-order valence-corrected chi connectivity index (χ0v) is 28.8. The number of benzene rings is 2. The monoisotopic (exact) mass is 720 g/mol. The molecule has 0 aliphatic carbocycles. The van der Waals surface area contributed by atoms with Gasteiger partial charge in [0.15, 0.2) is 0 Å². The molecule has 1 saturated heterocycles. The van der Waals surface area contributed by atoms with Crippen molar-refractivity contribution in [3.05, 3.63) is 92.8 Å². The number of hydrogen-bond acceptors (Lipinski definition) is 6. The molecule has 15 heteroatoms. The maximum atomic E-state index is 15.5. The maximum Gasteiger partial charge on any atom is 0.418 e. The Morgan fingerprint density at radius 1 is 1.08 bits per heavy atom. The Hall–Kier alpha value is -4.92. The number of aliphatic carboxylic acids is 1. The lowest BCUT2D eigenvalue weighted by molar-refractivity contribution is -0.139. The number of rotatable bonds is 8. The Kier molecular flexibility index (Phi) is 11.5. The van der Waals surface area contributed by atoms with Crippen LogP contribution < -0.4 is 15.8 Å². The van der Waals surface area contributed by atoms with Gasteiger partial charge in [-0.15, -0.1) is 0 Å². The first-order valence-electron chi connectivity index (χ1n) is 16.1. The molecule has 2 N–H and O–H groups in total.